The van der Waals surface area contributed by atoms with Gasteiger partial charge < -0.3 is 16.4 Å². The lowest BCUT2D eigenvalue weighted by atomic mass is 10.1. The van der Waals surface area contributed by atoms with Gasteiger partial charge in [-0.1, -0.05) is 78.9 Å². The minimum Gasteiger partial charge on any atom is -0.333 e. The SMILES string of the molecule is NC(c1ccccc1)N(c1ccccc1)C(N)c1ccccc1. The highest BCUT2D eigenvalue weighted by atomic mass is 15.3. The van der Waals surface area contributed by atoms with Crippen LogP contribution in [0.25, 0.3) is 0 Å². The maximum atomic E-state index is 6.56. The highest BCUT2D eigenvalue weighted by molar-refractivity contribution is 5.50. The summed E-state index contributed by atoms with van der Waals surface area (Å²) in [7, 11) is 0. The van der Waals surface area contributed by atoms with Crippen molar-refractivity contribution in [1.29, 1.82) is 0 Å². The molecular weight excluding hydrogens is 282 g/mol. The number of nitrogens with two attached hydrogens (primary N) is 2. The molecule has 3 aromatic rings. The third kappa shape index (κ3) is 3.42. The lowest BCUT2D eigenvalue weighted by Crippen LogP contribution is -2.41. The second-order valence-electron chi connectivity index (χ2n) is 5.45. The van der Waals surface area contributed by atoms with Crippen molar-refractivity contribution >= 4 is 5.69 Å². The summed E-state index contributed by atoms with van der Waals surface area (Å²) in [6.07, 6.45) is -0.650. The Hall–Kier alpha value is -2.62. The summed E-state index contributed by atoms with van der Waals surface area (Å²) in [6.45, 7) is 0. The van der Waals surface area contributed by atoms with Crippen molar-refractivity contribution in [2.75, 3.05) is 4.90 Å². The Balaban J connectivity index is 2.01. The molecule has 0 aliphatic carbocycles. The first-order valence-electron chi connectivity index (χ1n) is 7.72. The fourth-order valence-electron chi connectivity index (χ4n) is 2.72. The van der Waals surface area contributed by atoms with Crippen LogP contribution in [0.5, 0.6) is 0 Å². The van der Waals surface area contributed by atoms with E-state index in [-0.39, 0.29) is 12.3 Å². The molecule has 3 heteroatoms. The fraction of sp³-hybridized carbons (Fsp3) is 0.100. The van der Waals surface area contributed by atoms with Crippen LogP contribution >= 0.6 is 0 Å². The third-order valence-corrected chi connectivity index (χ3v) is 3.94. The first-order valence-corrected chi connectivity index (χ1v) is 7.72. The Morgan fingerprint density at radius 3 is 1.26 bits per heavy atom. The van der Waals surface area contributed by atoms with Gasteiger partial charge >= 0.3 is 0 Å². The van der Waals surface area contributed by atoms with Crippen molar-refractivity contribution < 1.29 is 0 Å². The van der Waals surface area contributed by atoms with Gasteiger partial charge in [0.25, 0.3) is 0 Å². The molecule has 3 nitrogen and oxygen atoms in total. The van der Waals surface area contributed by atoms with E-state index in [0.29, 0.717) is 0 Å². The van der Waals surface area contributed by atoms with Crippen LogP contribution in [-0.2, 0) is 0 Å². The van der Waals surface area contributed by atoms with Crippen LogP contribution in [0.15, 0.2) is 91.0 Å². The zero-order valence-corrected chi connectivity index (χ0v) is 12.9. The molecule has 0 saturated heterocycles. The quantitative estimate of drug-likeness (QED) is 0.705. The highest BCUT2D eigenvalue weighted by Crippen LogP contribution is 2.30. The lowest BCUT2D eigenvalue weighted by Gasteiger charge is -2.36. The largest absolute Gasteiger partial charge is 0.333 e. The molecule has 0 fully saturated rings. The average molecular weight is 303 g/mol. The van der Waals surface area contributed by atoms with E-state index in [4.69, 9.17) is 11.5 Å². The third-order valence-electron chi connectivity index (χ3n) is 3.94. The van der Waals surface area contributed by atoms with E-state index in [2.05, 4.69) is 0 Å². The van der Waals surface area contributed by atoms with Crippen LogP contribution in [0.1, 0.15) is 23.5 Å². The van der Waals surface area contributed by atoms with Crippen molar-refractivity contribution in [1.82, 2.24) is 0 Å². The first kappa shape index (κ1) is 15.3. The summed E-state index contributed by atoms with van der Waals surface area (Å²) >= 11 is 0. The monoisotopic (exact) mass is 303 g/mol. The molecule has 0 heterocycles. The molecule has 0 saturated carbocycles. The Morgan fingerprint density at radius 1 is 0.522 bits per heavy atom. The van der Waals surface area contributed by atoms with Crippen molar-refractivity contribution in [2.24, 2.45) is 11.5 Å². The molecule has 0 aliphatic rings. The number of hydrogen-bond acceptors (Lipinski definition) is 3. The van der Waals surface area contributed by atoms with Crippen LogP contribution in [-0.4, -0.2) is 0 Å². The molecule has 116 valence electrons. The van der Waals surface area contributed by atoms with Crippen LogP contribution in [0.4, 0.5) is 5.69 Å². The van der Waals surface area contributed by atoms with Gasteiger partial charge in [0.05, 0.1) is 0 Å². The van der Waals surface area contributed by atoms with Gasteiger partial charge in [-0.25, -0.2) is 0 Å². The molecule has 0 aliphatic heterocycles. The normalized spacial score (nSPS) is 13.3. The van der Waals surface area contributed by atoms with Crippen LogP contribution in [0.2, 0.25) is 0 Å². The molecule has 0 bridgehead atoms. The van der Waals surface area contributed by atoms with Gasteiger partial charge in [0, 0.05) is 5.69 Å². The van der Waals surface area contributed by atoms with E-state index in [1.807, 2.05) is 95.9 Å². The maximum Gasteiger partial charge on any atom is 0.105 e. The minimum absolute atomic E-state index is 0.325. The second-order valence-corrected chi connectivity index (χ2v) is 5.45. The number of anilines is 1. The van der Waals surface area contributed by atoms with Crippen LogP contribution in [0, 0.1) is 0 Å². The molecule has 3 aromatic carbocycles. The first-order chi connectivity index (χ1) is 11.3. The van der Waals surface area contributed by atoms with Crippen LogP contribution in [0.3, 0.4) is 0 Å². The summed E-state index contributed by atoms with van der Waals surface area (Å²) < 4.78 is 0. The Kier molecular flexibility index (Phi) is 4.71. The van der Waals surface area contributed by atoms with E-state index < -0.39 is 0 Å². The number of para-hydroxylation sites is 1. The summed E-state index contributed by atoms with van der Waals surface area (Å²) in [4.78, 5) is 2.05. The molecule has 0 radical (unpaired) electrons. The van der Waals surface area contributed by atoms with Crippen molar-refractivity contribution in [3.63, 3.8) is 0 Å². The second kappa shape index (κ2) is 7.09. The van der Waals surface area contributed by atoms with Gasteiger partial charge in [0.15, 0.2) is 0 Å². The average Bonchev–Trinajstić information content (AvgIpc) is 2.64. The standard InChI is InChI=1S/C20H21N3/c21-19(16-10-4-1-5-11-16)23(18-14-8-3-9-15-18)20(22)17-12-6-2-7-13-17/h1-15,19-20H,21-22H2. The van der Waals surface area contributed by atoms with Crippen molar-refractivity contribution in [2.45, 2.75) is 12.3 Å². The van der Waals surface area contributed by atoms with Gasteiger partial charge in [-0.3, -0.25) is 0 Å². The molecule has 4 N–H and O–H groups in total. The lowest BCUT2D eigenvalue weighted by molar-refractivity contribution is 0.552. The van der Waals surface area contributed by atoms with E-state index in [0.717, 1.165) is 16.8 Å². The molecule has 0 spiro atoms. The zero-order chi connectivity index (χ0) is 16.1. The summed E-state index contributed by atoms with van der Waals surface area (Å²) in [5.41, 5.74) is 16.2. The van der Waals surface area contributed by atoms with E-state index in [1.54, 1.807) is 0 Å². The van der Waals surface area contributed by atoms with Gasteiger partial charge in [0.2, 0.25) is 0 Å². The Morgan fingerprint density at radius 2 is 0.870 bits per heavy atom. The van der Waals surface area contributed by atoms with E-state index in [1.165, 1.54) is 0 Å². The molecule has 2 atom stereocenters. The number of benzene rings is 3. The minimum atomic E-state index is -0.325. The highest BCUT2D eigenvalue weighted by Gasteiger charge is 2.23. The van der Waals surface area contributed by atoms with Gasteiger partial charge in [-0.15, -0.1) is 0 Å². The fourth-order valence-corrected chi connectivity index (χ4v) is 2.72. The Bertz CT molecular complexity index is 668. The molecular formula is C20H21N3. The number of rotatable bonds is 5. The zero-order valence-electron chi connectivity index (χ0n) is 12.9. The topological polar surface area (TPSA) is 55.3 Å². The molecule has 23 heavy (non-hydrogen) atoms. The van der Waals surface area contributed by atoms with Crippen molar-refractivity contribution in [3.8, 4) is 0 Å². The Labute approximate surface area is 137 Å². The van der Waals surface area contributed by atoms with Gasteiger partial charge in [-0.2, -0.15) is 0 Å². The number of hydrogen-bond donors (Lipinski definition) is 2. The van der Waals surface area contributed by atoms with E-state index in [9.17, 15) is 0 Å². The predicted octanol–water partition coefficient (Wildman–Crippen LogP) is 3.81. The van der Waals surface area contributed by atoms with Crippen molar-refractivity contribution in [3.05, 3.63) is 102 Å². The van der Waals surface area contributed by atoms with Gasteiger partial charge in [0.1, 0.15) is 12.3 Å². The predicted molar refractivity (Wildman–Crippen MR) is 95.7 cm³/mol. The molecule has 3 rings (SSSR count). The van der Waals surface area contributed by atoms with Gasteiger partial charge in [-0.05, 0) is 23.3 Å². The summed E-state index contributed by atoms with van der Waals surface area (Å²) in [5, 5.41) is 0. The smallest absolute Gasteiger partial charge is 0.105 e. The summed E-state index contributed by atoms with van der Waals surface area (Å²) in [5.74, 6) is 0. The molecule has 0 amide bonds. The van der Waals surface area contributed by atoms with E-state index >= 15 is 0 Å². The number of nitrogens with zero attached hydrogens (tertiary/aromatic N) is 1. The summed E-state index contributed by atoms with van der Waals surface area (Å²) in [6, 6.07) is 30.1. The molecule has 0 aromatic heterocycles. The maximum absolute atomic E-state index is 6.56. The van der Waals surface area contributed by atoms with Crippen LogP contribution < -0.4 is 16.4 Å². The molecule has 2 unspecified atom stereocenters.